The Bertz CT molecular complexity index is 545. The highest BCUT2D eigenvalue weighted by Crippen LogP contribution is 2.19. The first kappa shape index (κ1) is 12.7. The average Bonchev–Trinajstić information content (AvgIpc) is 2.68. The summed E-state index contributed by atoms with van der Waals surface area (Å²) in [6, 6.07) is 6.10. The molecule has 98 valence electrons. The van der Waals surface area contributed by atoms with Crippen molar-refractivity contribution in [2.24, 2.45) is 0 Å². The van der Waals surface area contributed by atoms with Crippen molar-refractivity contribution in [2.45, 2.75) is 19.4 Å². The third-order valence-electron chi connectivity index (χ3n) is 3.26. The van der Waals surface area contributed by atoms with Gasteiger partial charge in [-0.1, -0.05) is 0 Å². The summed E-state index contributed by atoms with van der Waals surface area (Å²) >= 11 is 0. The molecule has 5 heteroatoms. The molecular formula is C13H20N4O. The van der Waals surface area contributed by atoms with Crippen LogP contribution in [0.5, 0.6) is 6.01 Å². The summed E-state index contributed by atoms with van der Waals surface area (Å²) in [6.45, 7) is 4.80. The monoisotopic (exact) mass is 248 g/mol. The number of hydrogen-bond acceptors (Lipinski definition) is 4. The normalized spacial score (nSPS) is 12.3. The quantitative estimate of drug-likeness (QED) is 0.810. The Balaban J connectivity index is 2.13. The molecule has 1 heterocycles. The van der Waals surface area contributed by atoms with Crippen LogP contribution in [0.2, 0.25) is 0 Å². The summed E-state index contributed by atoms with van der Waals surface area (Å²) in [4.78, 5) is 9.60. The fourth-order valence-electron chi connectivity index (χ4n) is 1.45. The molecule has 2 rings (SSSR count). The third kappa shape index (κ3) is 2.56. The largest absolute Gasteiger partial charge is 0.463 e. The fourth-order valence-corrected chi connectivity index (χ4v) is 1.45. The molecule has 5 nitrogen and oxygen atoms in total. The van der Waals surface area contributed by atoms with E-state index in [9.17, 15) is 0 Å². The van der Waals surface area contributed by atoms with Gasteiger partial charge in [0, 0.05) is 11.2 Å². The van der Waals surface area contributed by atoms with Gasteiger partial charge in [0.05, 0.1) is 11.0 Å². The van der Waals surface area contributed by atoms with Crippen LogP contribution in [0.25, 0.3) is 11.0 Å². The second-order valence-electron chi connectivity index (χ2n) is 5.31. The van der Waals surface area contributed by atoms with E-state index >= 15 is 0 Å². The summed E-state index contributed by atoms with van der Waals surface area (Å²) in [5.41, 5.74) is 8.15. The number of hydrogen-bond donors (Lipinski definition) is 2. The van der Waals surface area contributed by atoms with Gasteiger partial charge in [0.15, 0.2) is 0 Å². The van der Waals surface area contributed by atoms with Crippen molar-refractivity contribution in [3.63, 3.8) is 0 Å². The SMILES string of the molecule is CN(C)C(C)(C)COc1nc2ccc(N)cc2[nH]1. The van der Waals surface area contributed by atoms with Crippen molar-refractivity contribution in [1.29, 1.82) is 0 Å². The van der Waals surface area contributed by atoms with Crippen molar-refractivity contribution >= 4 is 16.7 Å². The molecule has 0 fully saturated rings. The number of H-pyrrole nitrogens is 1. The Morgan fingerprint density at radius 1 is 1.39 bits per heavy atom. The fraction of sp³-hybridized carbons (Fsp3) is 0.462. The highest BCUT2D eigenvalue weighted by Gasteiger charge is 2.21. The van der Waals surface area contributed by atoms with Gasteiger partial charge in [0.1, 0.15) is 6.61 Å². The zero-order valence-corrected chi connectivity index (χ0v) is 11.3. The van der Waals surface area contributed by atoms with Gasteiger partial charge >= 0.3 is 0 Å². The molecule has 0 spiro atoms. The standard InChI is InChI=1S/C13H20N4O/c1-13(2,17(3)4)8-18-12-15-10-6-5-9(14)7-11(10)16-12/h5-7H,8,14H2,1-4H3,(H,15,16). The Kier molecular flexibility index (Phi) is 3.17. The predicted molar refractivity (Wildman–Crippen MR) is 73.8 cm³/mol. The van der Waals surface area contributed by atoms with Crippen LogP contribution in [0.4, 0.5) is 5.69 Å². The second-order valence-corrected chi connectivity index (χ2v) is 5.31. The number of nitrogens with zero attached hydrogens (tertiary/aromatic N) is 2. The van der Waals surface area contributed by atoms with Gasteiger partial charge in [-0.05, 0) is 46.1 Å². The van der Waals surface area contributed by atoms with Crippen LogP contribution >= 0.6 is 0 Å². The van der Waals surface area contributed by atoms with Crippen LogP contribution in [0.15, 0.2) is 18.2 Å². The van der Waals surface area contributed by atoms with E-state index in [1.165, 1.54) is 0 Å². The highest BCUT2D eigenvalue weighted by atomic mass is 16.5. The van der Waals surface area contributed by atoms with E-state index in [0.717, 1.165) is 11.0 Å². The second kappa shape index (κ2) is 4.49. The van der Waals surface area contributed by atoms with E-state index in [4.69, 9.17) is 10.5 Å². The van der Waals surface area contributed by atoms with Crippen LogP contribution in [-0.2, 0) is 0 Å². The minimum absolute atomic E-state index is 0.0436. The Morgan fingerprint density at radius 2 is 2.11 bits per heavy atom. The first-order valence-electron chi connectivity index (χ1n) is 5.94. The van der Waals surface area contributed by atoms with Crippen molar-refractivity contribution in [3.8, 4) is 6.01 Å². The zero-order chi connectivity index (χ0) is 13.3. The Morgan fingerprint density at radius 3 is 2.78 bits per heavy atom. The maximum atomic E-state index is 5.72. The maximum absolute atomic E-state index is 5.72. The lowest BCUT2D eigenvalue weighted by Gasteiger charge is -2.31. The van der Waals surface area contributed by atoms with Gasteiger partial charge in [0.25, 0.3) is 6.01 Å². The Hall–Kier alpha value is -1.75. The average molecular weight is 248 g/mol. The minimum Gasteiger partial charge on any atom is -0.463 e. The number of nitrogen functional groups attached to an aromatic ring is 1. The first-order valence-corrected chi connectivity index (χ1v) is 5.94. The van der Waals surface area contributed by atoms with Crippen LogP contribution in [0.1, 0.15) is 13.8 Å². The number of aromatic amines is 1. The van der Waals surface area contributed by atoms with E-state index in [1.54, 1.807) is 0 Å². The summed E-state index contributed by atoms with van der Waals surface area (Å²) in [5.74, 6) is 0. The van der Waals surface area contributed by atoms with Gasteiger partial charge in [-0.25, -0.2) is 0 Å². The first-order chi connectivity index (χ1) is 8.38. The summed E-state index contributed by atoms with van der Waals surface area (Å²) < 4.78 is 5.71. The zero-order valence-electron chi connectivity index (χ0n) is 11.3. The summed E-state index contributed by atoms with van der Waals surface area (Å²) in [5, 5.41) is 0. The molecule has 0 unspecified atom stereocenters. The van der Waals surface area contributed by atoms with Gasteiger partial charge < -0.3 is 20.4 Å². The van der Waals surface area contributed by atoms with E-state index in [1.807, 2.05) is 32.3 Å². The lowest BCUT2D eigenvalue weighted by Crippen LogP contribution is -2.43. The van der Waals surface area contributed by atoms with E-state index in [0.29, 0.717) is 18.3 Å². The molecule has 1 aromatic heterocycles. The molecule has 0 saturated heterocycles. The molecule has 0 radical (unpaired) electrons. The lowest BCUT2D eigenvalue weighted by atomic mass is 10.1. The molecule has 0 bridgehead atoms. The molecule has 18 heavy (non-hydrogen) atoms. The number of likely N-dealkylation sites (N-methyl/N-ethyl adjacent to an activating group) is 1. The molecule has 0 atom stereocenters. The summed E-state index contributed by atoms with van der Waals surface area (Å²) in [6.07, 6.45) is 0. The number of imidazole rings is 1. The molecule has 1 aromatic carbocycles. The van der Waals surface area contributed by atoms with Gasteiger partial charge in [0.2, 0.25) is 0 Å². The predicted octanol–water partition coefficient (Wildman–Crippen LogP) is 1.86. The van der Waals surface area contributed by atoms with Crippen molar-refractivity contribution < 1.29 is 4.74 Å². The lowest BCUT2D eigenvalue weighted by molar-refractivity contribution is 0.108. The number of benzene rings is 1. The smallest absolute Gasteiger partial charge is 0.294 e. The molecule has 0 aliphatic rings. The molecule has 0 saturated carbocycles. The minimum atomic E-state index is -0.0436. The number of rotatable bonds is 4. The van der Waals surface area contributed by atoms with E-state index < -0.39 is 0 Å². The molecule has 0 aliphatic carbocycles. The maximum Gasteiger partial charge on any atom is 0.294 e. The number of nitrogens with one attached hydrogen (secondary N) is 1. The number of anilines is 1. The molecule has 3 N–H and O–H groups in total. The third-order valence-corrected chi connectivity index (χ3v) is 3.26. The van der Waals surface area contributed by atoms with E-state index in [2.05, 4.69) is 28.7 Å². The van der Waals surface area contributed by atoms with Gasteiger partial charge in [-0.3, -0.25) is 0 Å². The topological polar surface area (TPSA) is 67.2 Å². The van der Waals surface area contributed by atoms with Crippen molar-refractivity contribution in [3.05, 3.63) is 18.2 Å². The van der Waals surface area contributed by atoms with Crippen LogP contribution < -0.4 is 10.5 Å². The van der Waals surface area contributed by atoms with Crippen molar-refractivity contribution in [2.75, 3.05) is 26.4 Å². The van der Waals surface area contributed by atoms with Gasteiger partial charge in [-0.15, -0.1) is 0 Å². The molecule has 0 aliphatic heterocycles. The summed E-state index contributed by atoms with van der Waals surface area (Å²) in [7, 11) is 4.06. The van der Waals surface area contributed by atoms with Crippen LogP contribution in [0, 0.1) is 0 Å². The van der Waals surface area contributed by atoms with Crippen LogP contribution in [-0.4, -0.2) is 41.1 Å². The molecule has 2 aromatic rings. The number of aromatic nitrogens is 2. The van der Waals surface area contributed by atoms with Gasteiger partial charge in [-0.2, -0.15) is 4.98 Å². The number of fused-ring (bicyclic) bond motifs is 1. The Labute approximate surface area is 107 Å². The molecule has 0 amide bonds. The van der Waals surface area contributed by atoms with Crippen molar-refractivity contribution in [1.82, 2.24) is 14.9 Å². The number of ether oxygens (including phenoxy) is 1. The molecular weight excluding hydrogens is 228 g/mol. The van der Waals surface area contributed by atoms with Crippen LogP contribution in [0.3, 0.4) is 0 Å². The highest BCUT2D eigenvalue weighted by molar-refractivity contribution is 5.79. The number of nitrogens with two attached hydrogens (primary N) is 1. The van der Waals surface area contributed by atoms with E-state index in [-0.39, 0.29) is 5.54 Å².